The van der Waals surface area contributed by atoms with Crippen LogP contribution >= 0.6 is 11.3 Å². The summed E-state index contributed by atoms with van der Waals surface area (Å²) >= 11 is 1.89. The molecule has 0 saturated heterocycles. The van der Waals surface area contributed by atoms with Crippen molar-refractivity contribution in [3.63, 3.8) is 0 Å². The highest BCUT2D eigenvalue weighted by molar-refractivity contribution is 7.09. The normalized spacial score (nSPS) is 22.8. The van der Waals surface area contributed by atoms with Gasteiger partial charge in [0.15, 0.2) is 0 Å². The van der Waals surface area contributed by atoms with E-state index >= 15 is 0 Å². The SMILES string of the molecule is NCC(C1CCCCC1)N(Cc1cccs1)C1CC1. The van der Waals surface area contributed by atoms with Crippen molar-refractivity contribution in [2.24, 2.45) is 11.7 Å². The number of nitrogens with two attached hydrogens (primary N) is 1. The molecule has 1 aromatic rings. The highest BCUT2D eigenvalue weighted by Gasteiger charge is 2.37. The van der Waals surface area contributed by atoms with E-state index in [4.69, 9.17) is 5.73 Å². The predicted molar refractivity (Wildman–Crippen MR) is 82.3 cm³/mol. The predicted octanol–water partition coefficient (Wildman–Crippen LogP) is 3.62. The average Bonchev–Trinajstić information content (AvgIpc) is 3.17. The quantitative estimate of drug-likeness (QED) is 0.861. The van der Waals surface area contributed by atoms with E-state index in [2.05, 4.69) is 22.4 Å². The number of hydrogen-bond donors (Lipinski definition) is 1. The molecule has 3 heteroatoms. The highest BCUT2D eigenvalue weighted by Crippen LogP contribution is 2.36. The van der Waals surface area contributed by atoms with Gasteiger partial charge < -0.3 is 5.73 Å². The van der Waals surface area contributed by atoms with Crippen LogP contribution in [0.15, 0.2) is 17.5 Å². The molecular weight excluding hydrogens is 252 g/mol. The monoisotopic (exact) mass is 278 g/mol. The molecule has 106 valence electrons. The zero-order valence-electron chi connectivity index (χ0n) is 11.8. The van der Waals surface area contributed by atoms with E-state index in [9.17, 15) is 0 Å². The molecule has 2 N–H and O–H groups in total. The van der Waals surface area contributed by atoms with Crippen molar-refractivity contribution in [1.82, 2.24) is 4.90 Å². The molecule has 0 amide bonds. The highest BCUT2D eigenvalue weighted by atomic mass is 32.1. The first kappa shape index (κ1) is 13.6. The maximum absolute atomic E-state index is 6.16. The first-order chi connectivity index (χ1) is 9.38. The Morgan fingerprint density at radius 2 is 2.00 bits per heavy atom. The van der Waals surface area contributed by atoms with Crippen molar-refractivity contribution in [3.05, 3.63) is 22.4 Å². The van der Waals surface area contributed by atoms with Crippen molar-refractivity contribution in [1.29, 1.82) is 0 Å². The van der Waals surface area contributed by atoms with Gasteiger partial charge in [0.05, 0.1) is 0 Å². The van der Waals surface area contributed by atoms with Gasteiger partial charge in [0.25, 0.3) is 0 Å². The Morgan fingerprint density at radius 1 is 1.21 bits per heavy atom. The zero-order chi connectivity index (χ0) is 13.1. The summed E-state index contributed by atoms with van der Waals surface area (Å²) in [5.74, 6) is 0.847. The first-order valence-corrected chi connectivity index (χ1v) is 8.74. The van der Waals surface area contributed by atoms with Crippen LogP contribution in [0.1, 0.15) is 49.8 Å². The van der Waals surface area contributed by atoms with E-state index in [0.29, 0.717) is 6.04 Å². The van der Waals surface area contributed by atoms with E-state index in [1.807, 2.05) is 11.3 Å². The lowest BCUT2D eigenvalue weighted by Crippen LogP contribution is -2.46. The molecule has 0 aliphatic heterocycles. The maximum Gasteiger partial charge on any atom is 0.0334 e. The molecule has 0 bridgehead atoms. The standard InChI is InChI=1S/C16H26N2S/c17-11-16(13-5-2-1-3-6-13)18(14-8-9-14)12-15-7-4-10-19-15/h4,7,10,13-14,16H,1-3,5-6,8-9,11-12,17H2. The van der Waals surface area contributed by atoms with Gasteiger partial charge in [0.2, 0.25) is 0 Å². The van der Waals surface area contributed by atoms with Gasteiger partial charge in [-0.2, -0.15) is 0 Å². The Hall–Kier alpha value is -0.380. The minimum atomic E-state index is 0.620. The molecule has 0 spiro atoms. The molecule has 0 aromatic carbocycles. The van der Waals surface area contributed by atoms with Crippen LogP contribution in [0.2, 0.25) is 0 Å². The lowest BCUT2D eigenvalue weighted by atomic mass is 9.83. The molecule has 0 radical (unpaired) electrons. The molecule has 2 aliphatic rings. The molecule has 2 aliphatic carbocycles. The summed E-state index contributed by atoms with van der Waals surface area (Å²) < 4.78 is 0. The summed E-state index contributed by atoms with van der Waals surface area (Å²) in [5.41, 5.74) is 6.16. The second-order valence-electron chi connectivity index (χ2n) is 6.18. The summed E-state index contributed by atoms with van der Waals surface area (Å²) in [4.78, 5) is 4.24. The Labute approximate surface area is 121 Å². The Morgan fingerprint density at radius 3 is 2.58 bits per heavy atom. The van der Waals surface area contributed by atoms with Crippen molar-refractivity contribution < 1.29 is 0 Å². The third-order valence-electron chi connectivity index (χ3n) is 4.80. The van der Waals surface area contributed by atoms with E-state index in [1.165, 1.54) is 49.8 Å². The van der Waals surface area contributed by atoms with Gasteiger partial charge in [-0.1, -0.05) is 25.3 Å². The zero-order valence-corrected chi connectivity index (χ0v) is 12.6. The molecule has 1 atom stereocenters. The fourth-order valence-electron chi connectivity index (χ4n) is 3.62. The summed E-state index contributed by atoms with van der Waals surface area (Å²) in [7, 11) is 0. The number of thiophene rings is 1. The largest absolute Gasteiger partial charge is 0.329 e. The lowest BCUT2D eigenvalue weighted by molar-refractivity contribution is 0.108. The molecule has 2 saturated carbocycles. The number of rotatable bonds is 6. The van der Waals surface area contributed by atoms with Gasteiger partial charge in [-0.25, -0.2) is 0 Å². The van der Waals surface area contributed by atoms with Crippen LogP contribution in [0.25, 0.3) is 0 Å². The molecule has 1 unspecified atom stereocenters. The summed E-state index contributed by atoms with van der Waals surface area (Å²) in [6.07, 6.45) is 9.83. The first-order valence-electron chi connectivity index (χ1n) is 7.86. The van der Waals surface area contributed by atoms with Crippen molar-refractivity contribution in [2.45, 2.75) is 63.6 Å². The second-order valence-corrected chi connectivity index (χ2v) is 7.22. The number of hydrogen-bond acceptors (Lipinski definition) is 3. The van der Waals surface area contributed by atoms with Gasteiger partial charge >= 0.3 is 0 Å². The van der Waals surface area contributed by atoms with E-state index in [0.717, 1.165) is 25.0 Å². The average molecular weight is 278 g/mol. The van der Waals surface area contributed by atoms with Gasteiger partial charge in [0, 0.05) is 30.1 Å². The third kappa shape index (κ3) is 3.39. The summed E-state index contributed by atoms with van der Waals surface area (Å²) in [6, 6.07) is 5.88. The minimum Gasteiger partial charge on any atom is -0.329 e. The van der Waals surface area contributed by atoms with Crippen molar-refractivity contribution in [2.75, 3.05) is 6.54 Å². The van der Waals surface area contributed by atoms with Crippen molar-refractivity contribution >= 4 is 11.3 Å². The molecule has 1 heterocycles. The van der Waals surface area contributed by atoms with E-state index in [1.54, 1.807) is 0 Å². The molecule has 2 nitrogen and oxygen atoms in total. The summed E-state index contributed by atoms with van der Waals surface area (Å²) in [5, 5.41) is 2.19. The maximum atomic E-state index is 6.16. The fraction of sp³-hybridized carbons (Fsp3) is 0.750. The van der Waals surface area contributed by atoms with Crippen LogP contribution in [0.4, 0.5) is 0 Å². The molecule has 19 heavy (non-hydrogen) atoms. The lowest BCUT2D eigenvalue weighted by Gasteiger charge is -2.38. The topological polar surface area (TPSA) is 29.3 Å². The van der Waals surface area contributed by atoms with Crippen LogP contribution in [-0.4, -0.2) is 23.5 Å². The van der Waals surface area contributed by atoms with Gasteiger partial charge in [-0.3, -0.25) is 4.90 Å². The van der Waals surface area contributed by atoms with Crippen LogP contribution < -0.4 is 5.73 Å². The van der Waals surface area contributed by atoms with Crippen LogP contribution in [-0.2, 0) is 6.54 Å². The van der Waals surface area contributed by atoms with Gasteiger partial charge in [-0.05, 0) is 43.0 Å². The van der Waals surface area contributed by atoms with Crippen LogP contribution in [0.5, 0.6) is 0 Å². The van der Waals surface area contributed by atoms with Crippen LogP contribution in [0, 0.1) is 5.92 Å². The second kappa shape index (κ2) is 6.38. The molecule has 1 aromatic heterocycles. The van der Waals surface area contributed by atoms with Crippen LogP contribution in [0.3, 0.4) is 0 Å². The van der Waals surface area contributed by atoms with Crippen molar-refractivity contribution in [3.8, 4) is 0 Å². The molecular formula is C16H26N2S. The van der Waals surface area contributed by atoms with Gasteiger partial charge in [-0.15, -0.1) is 11.3 Å². The Balaban J connectivity index is 1.69. The van der Waals surface area contributed by atoms with Gasteiger partial charge in [0.1, 0.15) is 0 Å². The number of nitrogens with zero attached hydrogens (tertiary/aromatic N) is 1. The van der Waals surface area contributed by atoms with E-state index in [-0.39, 0.29) is 0 Å². The molecule has 3 rings (SSSR count). The smallest absolute Gasteiger partial charge is 0.0334 e. The Kier molecular flexibility index (Phi) is 4.57. The molecule has 2 fully saturated rings. The summed E-state index contributed by atoms with van der Waals surface area (Å²) in [6.45, 7) is 1.97. The fourth-order valence-corrected chi connectivity index (χ4v) is 4.34. The Bertz CT molecular complexity index is 366. The minimum absolute atomic E-state index is 0.620. The third-order valence-corrected chi connectivity index (χ3v) is 5.66. The van der Waals surface area contributed by atoms with E-state index < -0.39 is 0 Å².